The van der Waals surface area contributed by atoms with Crippen LogP contribution in [0.3, 0.4) is 0 Å². The van der Waals surface area contributed by atoms with Crippen LogP contribution in [0.4, 0.5) is 0 Å². The first-order chi connectivity index (χ1) is 22.4. The van der Waals surface area contributed by atoms with Gasteiger partial charge in [-0.2, -0.15) is 0 Å². The molecular weight excluding hydrogens is 576 g/mol. The summed E-state index contributed by atoms with van der Waals surface area (Å²) in [4.78, 5) is 32.9. The molecule has 0 aliphatic heterocycles. The lowest BCUT2D eigenvalue weighted by molar-refractivity contribution is -0.158. The molecule has 0 spiro atoms. The Morgan fingerprint density at radius 3 is 1.43 bits per heavy atom. The largest absolute Gasteiger partial charge is 0.466 e. The number of carbonyl (C=O) groups excluding carboxylic acids is 3. The van der Waals surface area contributed by atoms with Gasteiger partial charge in [0.15, 0.2) is 0 Å². The van der Waals surface area contributed by atoms with Crippen molar-refractivity contribution >= 4 is 17.9 Å². The second kappa shape index (κ2) is 39.2. The number of esters is 3. The van der Waals surface area contributed by atoms with E-state index in [4.69, 9.17) is 4.74 Å². The van der Waals surface area contributed by atoms with Gasteiger partial charge in [0.1, 0.15) is 0 Å². The van der Waals surface area contributed by atoms with Crippen LogP contribution in [0.1, 0.15) is 201 Å². The number of allylic oxidation sites excluding steroid dienone is 3. The lowest BCUT2D eigenvalue weighted by Crippen LogP contribution is -2.08. The number of aliphatic hydroxyl groups is 1. The molecule has 0 aromatic heterocycles. The smallest absolute Gasteiger partial charge is 0.313 e. The van der Waals surface area contributed by atoms with Crippen molar-refractivity contribution in [1.82, 2.24) is 0 Å². The monoisotopic (exact) mass is 651 g/mol. The summed E-state index contributed by atoms with van der Waals surface area (Å²) in [6, 6.07) is 0. The summed E-state index contributed by atoms with van der Waals surface area (Å²) in [6.45, 7) is 8.07. The maximum Gasteiger partial charge on any atom is 0.313 e. The molecule has 1 unspecified atom stereocenters. The van der Waals surface area contributed by atoms with E-state index in [2.05, 4.69) is 42.9 Å². The van der Waals surface area contributed by atoms with E-state index in [0.717, 1.165) is 70.6 Å². The summed E-state index contributed by atoms with van der Waals surface area (Å²) < 4.78 is 9.38. The molecule has 270 valence electrons. The van der Waals surface area contributed by atoms with Crippen LogP contribution in [0.15, 0.2) is 24.3 Å². The third-order valence-electron chi connectivity index (χ3n) is 7.92. The summed E-state index contributed by atoms with van der Waals surface area (Å²) in [5, 5.41) is 9.84. The summed E-state index contributed by atoms with van der Waals surface area (Å²) in [6.07, 6.45) is 39.2. The molecule has 0 fully saturated rings. The van der Waals surface area contributed by atoms with Gasteiger partial charge in [-0.25, -0.2) is 0 Å². The number of carbonyl (C=O) groups is 3. The summed E-state index contributed by atoms with van der Waals surface area (Å²) >= 11 is 0. The molecule has 0 aromatic carbocycles. The van der Waals surface area contributed by atoms with E-state index < -0.39 is 11.9 Å². The van der Waals surface area contributed by atoms with Gasteiger partial charge in [-0.1, -0.05) is 134 Å². The molecule has 6 nitrogen and oxygen atoms in total. The number of rotatable bonds is 31. The van der Waals surface area contributed by atoms with Crippen LogP contribution in [0.2, 0.25) is 0 Å². The molecule has 0 aliphatic rings. The molecule has 0 aliphatic carbocycles. The molecule has 1 N–H and O–H groups in total. The van der Waals surface area contributed by atoms with Crippen LogP contribution in [-0.4, -0.2) is 35.7 Å². The van der Waals surface area contributed by atoms with E-state index in [1.165, 1.54) is 96.8 Å². The van der Waals surface area contributed by atoms with Gasteiger partial charge < -0.3 is 14.6 Å². The normalized spacial score (nSPS) is 11.8. The van der Waals surface area contributed by atoms with Crippen LogP contribution in [0.5, 0.6) is 0 Å². The quantitative estimate of drug-likeness (QED) is 0.0347. The Morgan fingerprint density at radius 1 is 0.543 bits per heavy atom. The van der Waals surface area contributed by atoms with Crippen LogP contribution in [0, 0.1) is 0 Å². The fourth-order valence-corrected chi connectivity index (χ4v) is 5.14. The van der Waals surface area contributed by atoms with Crippen molar-refractivity contribution in [2.24, 2.45) is 0 Å². The Morgan fingerprint density at radius 2 is 0.957 bits per heavy atom. The number of aliphatic hydroxyl groups excluding tert-OH is 1. The molecule has 0 saturated heterocycles. The predicted molar refractivity (Wildman–Crippen MR) is 194 cm³/mol. The molecule has 0 heterocycles. The van der Waals surface area contributed by atoms with Crippen molar-refractivity contribution in [1.29, 1.82) is 0 Å². The number of ether oxygens (including phenoxy) is 2. The van der Waals surface area contributed by atoms with Gasteiger partial charge in [-0.15, -0.1) is 0 Å². The van der Waals surface area contributed by atoms with Gasteiger partial charge in [0, 0.05) is 19.8 Å². The van der Waals surface area contributed by atoms with E-state index in [9.17, 15) is 19.5 Å². The fraction of sp³-hybridized carbons (Fsp3) is 0.825. The highest BCUT2D eigenvalue weighted by Gasteiger charge is 2.05. The third kappa shape index (κ3) is 42.0. The Bertz CT molecular complexity index is 729. The fourth-order valence-electron chi connectivity index (χ4n) is 5.14. The van der Waals surface area contributed by atoms with Crippen molar-refractivity contribution in [3.63, 3.8) is 0 Å². The first kappa shape index (κ1) is 46.2. The maximum absolute atomic E-state index is 11.1. The van der Waals surface area contributed by atoms with Gasteiger partial charge in [0.2, 0.25) is 0 Å². The average Bonchev–Trinajstić information content (AvgIpc) is 3.02. The van der Waals surface area contributed by atoms with E-state index in [1.54, 1.807) is 0 Å². The van der Waals surface area contributed by atoms with Crippen LogP contribution in [0.25, 0.3) is 0 Å². The molecular formula is C40H74O6. The van der Waals surface area contributed by atoms with E-state index in [0.29, 0.717) is 19.4 Å². The molecule has 0 radical (unpaired) electrons. The standard InChI is InChI=1S/C20H36O4.C20H38O2/c1-3-4-5-12-15-19(22)16-13-10-8-6-7-9-11-14-17-20(23)24-18(2)21;1-3-5-6-7-8-9-10-11-12-13-14-15-16-17-18-19-20(21)22-4-2/h10,13,19,22H,3-9,11-12,14-17H2,1-2H3;11-12H,3-10,13-19H2,1-2H3/b13-10-;12-11-. The third-order valence-corrected chi connectivity index (χ3v) is 7.92. The molecule has 46 heavy (non-hydrogen) atoms. The zero-order valence-corrected chi connectivity index (χ0v) is 30.7. The Hall–Kier alpha value is -1.95. The molecule has 0 bridgehead atoms. The van der Waals surface area contributed by atoms with Crippen molar-refractivity contribution in [2.75, 3.05) is 6.61 Å². The van der Waals surface area contributed by atoms with Crippen molar-refractivity contribution < 1.29 is 29.0 Å². The molecule has 6 heteroatoms. The highest BCUT2D eigenvalue weighted by Crippen LogP contribution is 2.12. The van der Waals surface area contributed by atoms with Crippen LogP contribution in [-0.2, 0) is 23.9 Å². The summed E-state index contributed by atoms with van der Waals surface area (Å²) in [5.41, 5.74) is 0. The minimum absolute atomic E-state index is 0.0415. The van der Waals surface area contributed by atoms with E-state index in [-0.39, 0.29) is 12.1 Å². The first-order valence-corrected chi connectivity index (χ1v) is 19.2. The highest BCUT2D eigenvalue weighted by atomic mass is 16.6. The van der Waals surface area contributed by atoms with Crippen molar-refractivity contribution in [3.05, 3.63) is 24.3 Å². The van der Waals surface area contributed by atoms with Gasteiger partial charge in [-0.3, -0.25) is 14.4 Å². The minimum atomic E-state index is -0.530. The van der Waals surface area contributed by atoms with Gasteiger partial charge in [-0.05, 0) is 71.1 Å². The Kier molecular flexibility index (Phi) is 39.4. The SMILES string of the molecule is CCCCCCC(O)C/C=C\CCCCCCCC(=O)OC(C)=O.CCCCCCCC/C=C\CCCCCCCC(=O)OCC. The molecule has 0 saturated carbocycles. The Balaban J connectivity index is 0. The highest BCUT2D eigenvalue weighted by molar-refractivity contribution is 5.83. The minimum Gasteiger partial charge on any atom is -0.466 e. The Labute approximate surface area is 284 Å². The van der Waals surface area contributed by atoms with Crippen molar-refractivity contribution in [3.8, 4) is 0 Å². The number of hydrogen-bond donors (Lipinski definition) is 1. The lowest BCUT2D eigenvalue weighted by Gasteiger charge is -2.07. The van der Waals surface area contributed by atoms with E-state index in [1.807, 2.05) is 6.92 Å². The molecule has 0 aromatic rings. The van der Waals surface area contributed by atoms with Gasteiger partial charge >= 0.3 is 17.9 Å². The predicted octanol–water partition coefficient (Wildman–Crippen LogP) is 11.7. The molecule has 0 rings (SSSR count). The average molecular weight is 651 g/mol. The number of hydrogen-bond acceptors (Lipinski definition) is 6. The van der Waals surface area contributed by atoms with E-state index >= 15 is 0 Å². The second-order valence-corrected chi connectivity index (χ2v) is 12.6. The topological polar surface area (TPSA) is 89.9 Å². The number of unbranched alkanes of at least 4 members (excludes halogenated alkanes) is 19. The zero-order chi connectivity index (χ0) is 34.4. The van der Waals surface area contributed by atoms with Gasteiger partial charge in [0.25, 0.3) is 0 Å². The molecule has 0 amide bonds. The summed E-state index contributed by atoms with van der Waals surface area (Å²) in [5.74, 6) is -0.989. The second-order valence-electron chi connectivity index (χ2n) is 12.6. The van der Waals surface area contributed by atoms with Crippen LogP contribution < -0.4 is 0 Å². The van der Waals surface area contributed by atoms with Crippen molar-refractivity contribution in [2.45, 2.75) is 207 Å². The summed E-state index contributed by atoms with van der Waals surface area (Å²) in [7, 11) is 0. The lowest BCUT2D eigenvalue weighted by atomic mass is 10.1. The first-order valence-electron chi connectivity index (χ1n) is 19.2. The van der Waals surface area contributed by atoms with Crippen LogP contribution >= 0.6 is 0 Å². The molecule has 1 atom stereocenters. The maximum atomic E-state index is 11.1. The van der Waals surface area contributed by atoms with Gasteiger partial charge in [0.05, 0.1) is 12.7 Å². The zero-order valence-electron chi connectivity index (χ0n) is 30.7.